The van der Waals surface area contributed by atoms with E-state index >= 15 is 0 Å². The normalized spacial score (nSPS) is 12.5. The zero-order valence-electron chi connectivity index (χ0n) is 7.92. The summed E-state index contributed by atoms with van der Waals surface area (Å²) in [4.78, 5) is 8.00. The van der Waals surface area contributed by atoms with E-state index in [4.69, 9.17) is 11.6 Å². The lowest BCUT2D eigenvalue weighted by Gasteiger charge is -2.09. The fraction of sp³-hybridized carbons (Fsp3) is 0.556. The maximum Gasteiger partial charge on any atom is 0.149 e. The summed E-state index contributed by atoms with van der Waals surface area (Å²) < 4.78 is 0. The number of nitrogens with one attached hydrogen (secondary N) is 1. The third-order valence-electron chi connectivity index (χ3n) is 1.93. The molecule has 0 saturated heterocycles. The van der Waals surface area contributed by atoms with Crippen LogP contribution < -0.4 is 5.32 Å². The summed E-state index contributed by atoms with van der Waals surface area (Å²) in [7, 11) is 0. The fourth-order valence-electron chi connectivity index (χ4n) is 0.850. The zero-order chi connectivity index (χ0) is 9.68. The Balaban J connectivity index is 2.45. The smallest absolute Gasteiger partial charge is 0.149 e. The average molecular weight is 200 g/mol. The maximum atomic E-state index is 5.68. The molecule has 0 aliphatic rings. The van der Waals surface area contributed by atoms with Gasteiger partial charge in [0, 0.05) is 6.54 Å². The molecule has 0 radical (unpaired) electrons. The summed E-state index contributed by atoms with van der Waals surface area (Å²) >= 11 is 5.68. The van der Waals surface area contributed by atoms with Crippen molar-refractivity contribution in [3.05, 3.63) is 17.5 Å². The van der Waals surface area contributed by atoms with Crippen LogP contribution in [0.25, 0.3) is 0 Å². The zero-order valence-corrected chi connectivity index (χ0v) is 8.67. The molecule has 0 aliphatic carbocycles. The number of hydrogen-bond donors (Lipinski definition) is 1. The van der Waals surface area contributed by atoms with Crippen LogP contribution in [-0.4, -0.2) is 16.5 Å². The van der Waals surface area contributed by atoms with Crippen LogP contribution in [0.4, 0.5) is 5.82 Å². The van der Waals surface area contributed by atoms with Gasteiger partial charge >= 0.3 is 0 Å². The molecule has 4 heteroatoms. The number of rotatable bonds is 4. The van der Waals surface area contributed by atoms with E-state index in [9.17, 15) is 0 Å². The van der Waals surface area contributed by atoms with E-state index in [0.717, 1.165) is 18.8 Å². The van der Waals surface area contributed by atoms with Crippen molar-refractivity contribution in [3.63, 3.8) is 0 Å². The highest BCUT2D eigenvalue weighted by Crippen LogP contribution is 2.08. The standard InChI is InChI=1S/C9H14ClN3/c1-3-7(2)4-12-9-6-11-5-8(10)13-9/h5-7H,3-4H2,1-2H3,(H,12,13). The Kier molecular flexibility index (Phi) is 3.96. The lowest BCUT2D eigenvalue weighted by molar-refractivity contribution is 0.592. The number of aromatic nitrogens is 2. The van der Waals surface area contributed by atoms with E-state index in [0.29, 0.717) is 11.1 Å². The van der Waals surface area contributed by atoms with Gasteiger partial charge in [-0.15, -0.1) is 0 Å². The Morgan fingerprint density at radius 3 is 2.92 bits per heavy atom. The highest BCUT2D eigenvalue weighted by molar-refractivity contribution is 6.29. The topological polar surface area (TPSA) is 37.8 Å². The molecule has 0 amide bonds. The predicted octanol–water partition coefficient (Wildman–Crippen LogP) is 2.59. The third-order valence-corrected chi connectivity index (χ3v) is 2.12. The summed E-state index contributed by atoms with van der Waals surface area (Å²) in [6.07, 6.45) is 4.35. The molecule has 0 aliphatic heterocycles. The Morgan fingerprint density at radius 2 is 2.31 bits per heavy atom. The molecule has 1 N–H and O–H groups in total. The Hall–Kier alpha value is -0.830. The van der Waals surface area contributed by atoms with Gasteiger partial charge in [-0.25, -0.2) is 4.98 Å². The van der Waals surface area contributed by atoms with Gasteiger partial charge in [0.25, 0.3) is 0 Å². The second-order valence-electron chi connectivity index (χ2n) is 3.12. The van der Waals surface area contributed by atoms with Crippen molar-refractivity contribution < 1.29 is 0 Å². The van der Waals surface area contributed by atoms with Crippen molar-refractivity contribution in [2.45, 2.75) is 20.3 Å². The molecule has 0 saturated carbocycles. The van der Waals surface area contributed by atoms with Gasteiger partial charge in [-0.1, -0.05) is 31.9 Å². The number of anilines is 1. The van der Waals surface area contributed by atoms with Crippen molar-refractivity contribution in [2.24, 2.45) is 5.92 Å². The van der Waals surface area contributed by atoms with Crippen LogP contribution in [0.5, 0.6) is 0 Å². The molecular weight excluding hydrogens is 186 g/mol. The monoisotopic (exact) mass is 199 g/mol. The van der Waals surface area contributed by atoms with E-state index in [1.54, 1.807) is 6.20 Å². The van der Waals surface area contributed by atoms with Gasteiger partial charge in [0.05, 0.1) is 12.4 Å². The van der Waals surface area contributed by atoms with Crippen molar-refractivity contribution in [1.82, 2.24) is 9.97 Å². The molecule has 0 aromatic carbocycles. The Bertz CT molecular complexity index is 265. The van der Waals surface area contributed by atoms with Crippen LogP contribution in [0.1, 0.15) is 20.3 Å². The first-order valence-corrected chi connectivity index (χ1v) is 4.81. The third kappa shape index (κ3) is 3.59. The lowest BCUT2D eigenvalue weighted by atomic mass is 10.1. The summed E-state index contributed by atoms with van der Waals surface area (Å²) in [5.74, 6) is 1.38. The number of hydrogen-bond acceptors (Lipinski definition) is 3. The second kappa shape index (κ2) is 5.02. The largest absolute Gasteiger partial charge is 0.368 e. The minimum Gasteiger partial charge on any atom is -0.368 e. The minimum absolute atomic E-state index is 0.425. The van der Waals surface area contributed by atoms with Crippen molar-refractivity contribution >= 4 is 17.4 Å². The molecule has 1 aromatic rings. The first-order valence-electron chi connectivity index (χ1n) is 4.43. The molecule has 13 heavy (non-hydrogen) atoms. The van der Waals surface area contributed by atoms with E-state index in [1.165, 1.54) is 6.20 Å². The molecule has 0 bridgehead atoms. The summed E-state index contributed by atoms with van der Waals surface area (Å²) in [6.45, 7) is 5.26. The fourth-order valence-corrected chi connectivity index (χ4v) is 0.998. The van der Waals surface area contributed by atoms with Crippen LogP contribution in [0, 0.1) is 5.92 Å². The van der Waals surface area contributed by atoms with Gasteiger partial charge in [0.15, 0.2) is 0 Å². The molecule has 0 spiro atoms. The van der Waals surface area contributed by atoms with Crippen molar-refractivity contribution in [3.8, 4) is 0 Å². The average Bonchev–Trinajstić information content (AvgIpc) is 2.14. The summed E-state index contributed by atoms with van der Waals surface area (Å²) in [6, 6.07) is 0. The van der Waals surface area contributed by atoms with E-state index < -0.39 is 0 Å². The van der Waals surface area contributed by atoms with E-state index in [-0.39, 0.29) is 0 Å². The second-order valence-corrected chi connectivity index (χ2v) is 3.51. The predicted molar refractivity (Wildman–Crippen MR) is 55.0 cm³/mol. The lowest BCUT2D eigenvalue weighted by Crippen LogP contribution is -2.11. The molecule has 1 atom stereocenters. The SMILES string of the molecule is CCC(C)CNc1cncc(Cl)n1. The van der Waals surface area contributed by atoms with Crippen LogP contribution in [-0.2, 0) is 0 Å². The molecular formula is C9H14ClN3. The highest BCUT2D eigenvalue weighted by atomic mass is 35.5. The Morgan fingerprint density at radius 1 is 1.54 bits per heavy atom. The molecule has 1 heterocycles. The first kappa shape index (κ1) is 10.3. The van der Waals surface area contributed by atoms with Gasteiger partial charge in [0.2, 0.25) is 0 Å². The van der Waals surface area contributed by atoms with Crippen LogP contribution in [0.3, 0.4) is 0 Å². The van der Waals surface area contributed by atoms with Crippen LogP contribution >= 0.6 is 11.6 Å². The first-order chi connectivity index (χ1) is 6.22. The van der Waals surface area contributed by atoms with Gasteiger partial charge in [0.1, 0.15) is 11.0 Å². The van der Waals surface area contributed by atoms with E-state index in [1.807, 2.05) is 0 Å². The van der Waals surface area contributed by atoms with Crippen LogP contribution in [0.15, 0.2) is 12.4 Å². The molecule has 1 aromatic heterocycles. The van der Waals surface area contributed by atoms with Crippen molar-refractivity contribution in [2.75, 3.05) is 11.9 Å². The highest BCUT2D eigenvalue weighted by Gasteiger charge is 1.99. The summed E-state index contributed by atoms with van der Waals surface area (Å²) in [5.41, 5.74) is 0. The Labute approximate surface area is 83.5 Å². The van der Waals surface area contributed by atoms with Gasteiger partial charge < -0.3 is 5.32 Å². The van der Waals surface area contributed by atoms with Gasteiger partial charge in [-0.3, -0.25) is 4.98 Å². The summed E-state index contributed by atoms with van der Waals surface area (Å²) in [5, 5.41) is 3.60. The maximum absolute atomic E-state index is 5.68. The van der Waals surface area contributed by atoms with Gasteiger partial charge in [-0.2, -0.15) is 0 Å². The van der Waals surface area contributed by atoms with Crippen molar-refractivity contribution in [1.29, 1.82) is 0 Å². The quantitative estimate of drug-likeness (QED) is 0.810. The van der Waals surface area contributed by atoms with E-state index in [2.05, 4.69) is 29.1 Å². The molecule has 72 valence electrons. The van der Waals surface area contributed by atoms with Crippen LogP contribution in [0.2, 0.25) is 5.15 Å². The molecule has 0 fully saturated rings. The van der Waals surface area contributed by atoms with Gasteiger partial charge in [-0.05, 0) is 5.92 Å². The number of nitrogens with zero attached hydrogens (tertiary/aromatic N) is 2. The molecule has 1 unspecified atom stereocenters. The minimum atomic E-state index is 0.425. The number of halogens is 1. The molecule has 1 rings (SSSR count). The molecule has 3 nitrogen and oxygen atoms in total.